The summed E-state index contributed by atoms with van der Waals surface area (Å²) in [5, 5.41) is 23.3. The van der Waals surface area contributed by atoms with E-state index in [1.807, 2.05) is 12.1 Å². The Hall–Kier alpha value is -3.18. The molecule has 130 valence electrons. The molecule has 3 aromatic carbocycles. The molecule has 0 saturated heterocycles. The van der Waals surface area contributed by atoms with Crippen LogP contribution in [0.5, 0.6) is 11.5 Å². The molecule has 0 bridgehead atoms. The number of nitrogens with one attached hydrogen (secondary N) is 1. The number of nitrogens with zero attached hydrogens (tertiary/aromatic N) is 1. The van der Waals surface area contributed by atoms with Gasteiger partial charge in [0.1, 0.15) is 6.17 Å². The molecule has 6 heteroatoms. The van der Waals surface area contributed by atoms with Gasteiger partial charge in [0.25, 0.3) is 5.91 Å². The fourth-order valence-corrected chi connectivity index (χ4v) is 3.32. The van der Waals surface area contributed by atoms with Gasteiger partial charge < -0.3 is 15.5 Å². The third-order valence-electron chi connectivity index (χ3n) is 4.35. The Morgan fingerprint density at radius 3 is 2.42 bits per heavy atom. The maximum absolute atomic E-state index is 13.2. The van der Waals surface area contributed by atoms with E-state index in [0.717, 1.165) is 0 Å². The van der Waals surface area contributed by atoms with Crippen molar-refractivity contribution in [2.24, 2.45) is 0 Å². The summed E-state index contributed by atoms with van der Waals surface area (Å²) in [5.41, 5.74) is 2.40. The fourth-order valence-electron chi connectivity index (χ4n) is 3.09. The summed E-state index contributed by atoms with van der Waals surface area (Å²) < 4.78 is 0. The summed E-state index contributed by atoms with van der Waals surface area (Å²) in [7, 11) is 0. The van der Waals surface area contributed by atoms with Crippen molar-refractivity contribution in [3.63, 3.8) is 0 Å². The molecular formula is C20H15ClN2O3. The van der Waals surface area contributed by atoms with E-state index in [-0.39, 0.29) is 17.4 Å². The first-order chi connectivity index (χ1) is 12.6. The zero-order valence-corrected chi connectivity index (χ0v) is 14.3. The summed E-state index contributed by atoms with van der Waals surface area (Å²) in [5.74, 6) is -0.680. The molecular weight excluding hydrogens is 352 g/mol. The number of amides is 1. The monoisotopic (exact) mass is 366 g/mol. The number of para-hydroxylation sites is 2. The Bertz CT molecular complexity index is 1010. The Morgan fingerprint density at radius 2 is 1.65 bits per heavy atom. The number of phenols is 2. The van der Waals surface area contributed by atoms with Gasteiger partial charge in [0.05, 0.1) is 16.3 Å². The second-order valence-corrected chi connectivity index (χ2v) is 6.37. The fraction of sp³-hybridized carbons (Fsp3) is 0.0500. The molecule has 26 heavy (non-hydrogen) atoms. The van der Waals surface area contributed by atoms with Crippen molar-refractivity contribution in [1.82, 2.24) is 0 Å². The third kappa shape index (κ3) is 2.62. The van der Waals surface area contributed by atoms with Crippen molar-refractivity contribution in [3.05, 3.63) is 82.9 Å². The summed E-state index contributed by atoms with van der Waals surface area (Å²) in [4.78, 5) is 14.8. The van der Waals surface area contributed by atoms with Gasteiger partial charge in [0, 0.05) is 5.69 Å². The van der Waals surface area contributed by atoms with E-state index in [2.05, 4.69) is 5.32 Å². The van der Waals surface area contributed by atoms with Crippen molar-refractivity contribution in [2.75, 3.05) is 10.2 Å². The first kappa shape index (κ1) is 16.3. The van der Waals surface area contributed by atoms with Crippen LogP contribution >= 0.6 is 11.6 Å². The van der Waals surface area contributed by atoms with Gasteiger partial charge in [0.15, 0.2) is 11.5 Å². The molecule has 0 radical (unpaired) electrons. The van der Waals surface area contributed by atoms with Crippen LogP contribution in [-0.4, -0.2) is 16.1 Å². The van der Waals surface area contributed by atoms with Crippen molar-refractivity contribution < 1.29 is 15.0 Å². The highest BCUT2D eigenvalue weighted by molar-refractivity contribution is 6.34. The molecule has 0 aliphatic carbocycles. The maximum atomic E-state index is 13.2. The molecule has 0 fully saturated rings. The second-order valence-electron chi connectivity index (χ2n) is 5.97. The number of aromatic hydroxyl groups is 2. The normalized spacial score (nSPS) is 16.1. The zero-order chi connectivity index (χ0) is 18.3. The highest BCUT2D eigenvalue weighted by atomic mass is 35.5. The number of rotatable bonds is 2. The van der Waals surface area contributed by atoms with Crippen LogP contribution < -0.4 is 10.2 Å². The maximum Gasteiger partial charge on any atom is 0.262 e. The molecule has 3 N–H and O–H groups in total. The third-order valence-corrected chi connectivity index (χ3v) is 4.67. The van der Waals surface area contributed by atoms with Gasteiger partial charge >= 0.3 is 0 Å². The molecule has 5 nitrogen and oxygen atoms in total. The molecule has 1 aliphatic rings. The van der Waals surface area contributed by atoms with E-state index >= 15 is 0 Å². The van der Waals surface area contributed by atoms with Gasteiger partial charge in [-0.15, -0.1) is 0 Å². The number of fused-ring (bicyclic) bond motifs is 1. The lowest BCUT2D eigenvalue weighted by Gasteiger charge is -2.38. The van der Waals surface area contributed by atoms with Crippen LogP contribution in [0.15, 0.2) is 66.7 Å². The Kier molecular flexibility index (Phi) is 3.93. The van der Waals surface area contributed by atoms with Crippen molar-refractivity contribution in [3.8, 4) is 11.5 Å². The molecule has 1 heterocycles. The number of anilines is 2. The molecule has 0 saturated carbocycles. The van der Waals surface area contributed by atoms with Crippen LogP contribution in [0.25, 0.3) is 0 Å². The van der Waals surface area contributed by atoms with Crippen LogP contribution in [0.2, 0.25) is 5.02 Å². The van der Waals surface area contributed by atoms with Gasteiger partial charge in [-0.2, -0.15) is 0 Å². The molecule has 4 rings (SSSR count). The standard InChI is InChI=1S/C20H15ClN2O3/c21-14-6-2-4-8-16(14)23-19(12-9-10-17(24)18(25)11-12)22-15-7-3-1-5-13(15)20(23)26/h1-11,19,22,24-25H/t19-/m1/s1. The molecule has 1 atom stereocenters. The number of carbonyl (C=O) groups excluding carboxylic acids is 1. The van der Waals surface area contributed by atoms with Crippen LogP contribution in [-0.2, 0) is 0 Å². The number of halogens is 1. The quantitative estimate of drug-likeness (QED) is 0.583. The van der Waals surface area contributed by atoms with E-state index in [1.54, 1.807) is 47.4 Å². The molecule has 3 aromatic rings. The van der Waals surface area contributed by atoms with Crippen LogP contribution in [0.3, 0.4) is 0 Å². The average molecular weight is 367 g/mol. The lowest BCUT2D eigenvalue weighted by molar-refractivity contribution is 0.0975. The summed E-state index contributed by atoms with van der Waals surface area (Å²) in [6.45, 7) is 0. The summed E-state index contributed by atoms with van der Waals surface area (Å²) in [6.07, 6.45) is -0.594. The minimum absolute atomic E-state index is 0.204. The lowest BCUT2D eigenvalue weighted by Crippen LogP contribution is -2.43. The Labute approximate surface area is 155 Å². The first-order valence-corrected chi connectivity index (χ1v) is 8.39. The van der Waals surface area contributed by atoms with Gasteiger partial charge in [0.2, 0.25) is 0 Å². The van der Waals surface area contributed by atoms with Gasteiger partial charge in [-0.1, -0.05) is 41.9 Å². The predicted octanol–water partition coefficient (Wildman–Crippen LogP) is 4.52. The van der Waals surface area contributed by atoms with Gasteiger partial charge in [-0.25, -0.2) is 0 Å². The second kappa shape index (κ2) is 6.28. The van der Waals surface area contributed by atoms with E-state index < -0.39 is 6.17 Å². The number of hydrogen-bond acceptors (Lipinski definition) is 4. The minimum atomic E-state index is -0.594. The summed E-state index contributed by atoms with van der Waals surface area (Å²) >= 11 is 6.35. The van der Waals surface area contributed by atoms with Gasteiger partial charge in [-0.05, 0) is 42.0 Å². The largest absolute Gasteiger partial charge is 0.504 e. The van der Waals surface area contributed by atoms with Crippen molar-refractivity contribution >= 4 is 28.9 Å². The topological polar surface area (TPSA) is 72.8 Å². The minimum Gasteiger partial charge on any atom is -0.504 e. The summed E-state index contributed by atoms with van der Waals surface area (Å²) in [6, 6.07) is 18.8. The van der Waals surface area contributed by atoms with E-state index in [1.165, 1.54) is 12.1 Å². The van der Waals surface area contributed by atoms with Crippen LogP contribution in [0, 0.1) is 0 Å². The highest BCUT2D eigenvalue weighted by Gasteiger charge is 2.35. The van der Waals surface area contributed by atoms with Crippen LogP contribution in [0.1, 0.15) is 22.1 Å². The first-order valence-electron chi connectivity index (χ1n) is 8.02. The number of carbonyl (C=O) groups is 1. The lowest BCUT2D eigenvalue weighted by atomic mass is 10.0. The highest BCUT2D eigenvalue weighted by Crippen LogP contribution is 2.40. The predicted molar refractivity (Wildman–Crippen MR) is 101 cm³/mol. The average Bonchev–Trinajstić information content (AvgIpc) is 2.65. The Balaban J connectivity index is 1.90. The van der Waals surface area contributed by atoms with Gasteiger partial charge in [-0.3, -0.25) is 9.69 Å². The molecule has 0 unspecified atom stereocenters. The zero-order valence-electron chi connectivity index (χ0n) is 13.6. The molecule has 1 aliphatic heterocycles. The molecule has 0 aromatic heterocycles. The molecule has 1 amide bonds. The van der Waals surface area contributed by atoms with Crippen LogP contribution in [0.4, 0.5) is 11.4 Å². The number of hydrogen-bond donors (Lipinski definition) is 3. The van der Waals surface area contributed by atoms with E-state index in [4.69, 9.17) is 11.6 Å². The smallest absolute Gasteiger partial charge is 0.262 e. The van der Waals surface area contributed by atoms with Crippen molar-refractivity contribution in [1.29, 1.82) is 0 Å². The van der Waals surface area contributed by atoms with Crippen molar-refractivity contribution in [2.45, 2.75) is 6.17 Å². The molecule has 0 spiro atoms. The van der Waals surface area contributed by atoms with E-state index in [9.17, 15) is 15.0 Å². The van der Waals surface area contributed by atoms with E-state index in [0.29, 0.717) is 27.5 Å². The Morgan fingerprint density at radius 1 is 0.923 bits per heavy atom. The SMILES string of the molecule is O=C1c2ccccc2N[C@@H](c2ccc(O)c(O)c2)N1c1ccccc1Cl. The number of phenolic OH excluding ortho intramolecular Hbond substituents is 2. The number of benzene rings is 3.